The minimum atomic E-state index is 0. The number of halogens is 1. The number of nitrogens with two attached hydrogens (primary N) is 1. The zero-order valence-electron chi connectivity index (χ0n) is 12.4. The lowest BCUT2D eigenvalue weighted by Crippen LogP contribution is -2.28. The molecule has 0 amide bonds. The highest BCUT2D eigenvalue weighted by Gasteiger charge is 2.28. The summed E-state index contributed by atoms with van der Waals surface area (Å²) in [6.45, 7) is 5.11. The van der Waals surface area contributed by atoms with E-state index in [1.54, 1.807) is 0 Å². The van der Waals surface area contributed by atoms with Crippen molar-refractivity contribution in [1.82, 2.24) is 14.7 Å². The van der Waals surface area contributed by atoms with E-state index in [-0.39, 0.29) is 12.4 Å². The molecule has 2 aromatic rings. The average molecular weight is 307 g/mol. The van der Waals surface area contributed by atoms with Gasteiger partial charge in [-0.3, -0.25) is 4.90 Å². The summed E-state index contributed by atoms with van der Waals surface area (Å²) < 4.78 is 2.03. The van der Waals surface area contributed by atoms with Gasteiger partial charge in [-0.2, -0.15) is 5.10 Å². The number of benzene rings is 1. The van der Waals surface area contributed by atoms with Crippen LogP contribution in [0.3, 0.4) is 0 Å². The summed E-state index contributed by atoms with van der Waals surface area (Å²) in [4.78, 5) is 2.51. The molecule has 0 saturated carbocycles. The zero-order valence-corrected chi connectivity index (χ0v) is 13.2. The fourth-order valence-electron chi connectivity index (χ4n) is 3.07. The molecular formula is C16H23ClN4. The third-order valence-electron chi connectivity index (χ3n) is 4.21. The van der Waals surface area contributed by atoms with E-state index in [2.05, 4.69) is 35.1 Å². The van der Waals surface area contributed by atoms with Gasteiger partial charge in [0.05, 0.1) is 11.4 Å². The molecule has 2 unspecified atom stereocenters. The second-order valence-electron chi connectivity index (χ2n) is 5.69. The van der Waals surface area contributed by atoms with E-state index in [9.17, 15) is 0 Å². The summed E-state index contributed by atoms with van der Waals surface area (Å²) in [5.74, 6) is 0.637. The van der Waals surface area contributed by atoms with Gasteiger partial charge in [0.15, 0.2) is 0 Å². The molecule has 1 aromatic carbocycles. The fourth-order valence-corrected chi connectivity index (χ4v) is 3.07. The highest BCUT2D eigenvalue weighted by Crippen LogP contribution is 2.24. The molecule has 0 radical (unpaired) electrons. The first kappa shape index (κ1) is 16.0. The van der Waals surface area contributed by atoms with Crippen molar-refractivity contribution in [3.05, 3.63) is 48.3 Å². The van der Waals surface area contributed by atoms with Gasteiger partial charge < -0.3 is 5.73 Å². The van der Waals surface area contributed by atoms with Crippen molar-refractivity contribution in [2.24, 2.45) is 11.7 Å². The molecule has 2 atom stereocenters. The van der Waals surface area contributed by atoms with Crippen LogP contribution in [0, 0.1) is 5.92 Å². The van der Waals surface area contributed by atoms with Crippen molar-refractivity contribution >= 4 is 12.4 Å². The van der Waals surface area contributed by atoms with E-state index in [0.29, 0.717) is 12.0 Å². The van der Waals surface area contributed by atoms with E-state index >= 15 is 0 Å². The minimum absolute atomic E-state index is 0. The van der Waals surface area contributed by atoms with E-state index in [1.807, 2.05) is 29.1 Å². The number of para-hydroxylation sites is 1. The molecule has 1 saturated heterocycles. The van der Waals surface area contributed by atoms with Gasteiger partial charge in [0.25, 0.3) is 0 Å². The van der Waals surface area contributed by atoms with Crippen molar-refractivity contribution in [3.8, 4) is 5.69 Å². The Kier molecular flexibility index (Phi) is 5.39. The third kappa shape index (κ3) is 3.46. The Balaban J connectivity index is 0.00000161. The van der Waals surface area contributed by atoms with E-state index < -0.39 is 0 Å². The first-order chi connectivity index (χ1) is 9.78. The van der Waals surface area contributed by atoms with E-state index in [1.165, 1.54) is 12.1 Å². The second-order valence-corrected chi connectivity index (χ2v) is 5.69. The molecule has 1 aliphatic rings. The predicted molar refractivity (Wildman–Crippen MR) is 87.8 cm³/mol. The smallest absolute Gasteiger partial charge is 0.0649 e. The molecule has 0 bridgehead atoms. The Bertz CT molecular complexity index is 554. The van der Waals surface area contributed by atoms with E-state index in [4.69, 9.17) is 5.73 Å². The van der Waals surface area contributed by atoms with Gasteiger partial charge in [-0.1, -0.05) is 18.2 Å². The Labute approximate surface area is 132 Å². The number of hydrogen-bond donors (Lipinski definition) is 1. The maximum Gasteiger partial charge on any atom is 0.0649 e. The Morgan fingerprint density at radius 2 is 2.00 bits per heavy atom. The molecule has 0 aliphatic carbocycles. The SMILES string of the molecule is CC1CC(CN)CN1Cc1ccnn1-c1ccccc1.Cl. The van der Waals surface area contributed by atoms with Crippen molar-refractivity contribution in [3.63, 3.8) is 0 Å². The zero-order chi connectivity index (χ0) is 13.9. The number of likely N-dealkylation sites (tertiary alicyclic amines) is 1. The molecule has 0 spiro atoms. The lowest BCUT2D eigenvalue weighted by molar-refractivity contribution is 0.250. The first-order valence-corrected chi connectivity index (χ1v) is 7.30. The fraction of sp³-hybridized carbons (Fsp3) is 0.438. The summed E-state index contributed by atoms with van der Waals surface area (Å²) >= 11 is 0. The summed E-state index contributed by atoms with van der Waals surface area (Å²) in [5.41, 5.74) is 8.17. The second kappa shape index (κ2) is 7.07. The highest BCUT2D eigenvalue weighted by molar-refractivity contribution is 5.85. The topological polar surface area (TPSA) is 47.1 Å². The molecule has 1 fully saturated rings. The van der Waals surface area contributed by atoms with Crippen LogP contribution in [-0.4, -0.2) is 33.8 Å². The monoisotopic (exact) mass is 306 g/mol. The van der Waals surface area contributed by atoms with Crippen LogP contribution >= 0.6 is 12.4 Å². The standard InChI is InChI=1S/C16H22N4.ClH/c1-13-9-14(10-17)11-19(13)12-16-7-8-18-20(16)15-5-3-2-4-6-15;/h2-8,13-14H,9-12,17H2,1H3;1H. The van der Waals surface area contributed by atoms with Gasteiger partial charge >= 0.3 is 0 Å². The van der Waals surface area contributed by atoms with Crippen molar-refractivity contribution in [2.75, 3.05) is 13.1 Å². The van der Waals surface area contributed by atoms with Crippen molar-refractivity contribution < 1.29 is 0 Å². The maximum atomic E-state index is 5.81. The average Bonchev–Trinajstić information content (AvgIpc) is 3.08. The maximum absolute atomic E-state index is 5.81. The lowest BCUT2D eigenvalue weighted by Gasteiger charge is -2.21. The molecular weight excluding hydrogens is 284 g/mol. The number of rotatable bonds is 4. The van der Waals surface area contributed by atoms with Gasteiger partial charge in [0.2, 0.25) is 0 Å². The van der Waals surface area contributed by atoms with Gasteiger partial charge in [0, 0.05) is 25.3 Å². The molecule has 5 heteroatoms. The van der Waals surface area contributed by atoms with Crippen LogP contribution in [0.4, 0.5) is 0 Å². The molecule has 1 aromatic heterocycles. The van der Waals surface area contributed by atoms with Crippen LogP contribution in [0.15, 0.2) is 42.6 Å². The Morgan fingerprint density at radius 1 is 1.24 bits per heavy atom. The number of aromatic nitrogens is 2. The molecule has 1 aliphatic heterocycles. The molecule has 21 heavy (non-hydrogen) atoms. The van der Waals surface area contributed by atoms with Crippen LogP contribution in [0.2, 0.25) is 0 Å². The lowest BCUT2D eigenvalue weighted by atomic mass is 10.1. The van der Waals surface area contributed by atoms with Gasteiger partial charge in [-0.05, 0) is 44.0 Å². The third-order valence-corrected chi connectivity index (χ3v) is 4.21. The van der Waals surface area contributed by atoms with Crippen molar-refractivity contribution in [2.45, 2.75) is 25.9 Å². The predicted octanol–water partition coefficient (Wildman–Crippen LogP) is 2.46. The Morgan fingerprint density at radius 3 is 2.67 bits per heavy atom. The quantitative estimate of drug-likeness (QED) is 0.944. The van der Waals surface area contributed by atoms with E-state index in [0.717, 1.165) is 25.3 Å². The first-order valence-electron chi connectivity index (χ1n) is 7.30. The number of nitrogens with zero attached hydrogens (tertiary/aromatic N) is 3. The summed E-state index contributed by atoms with van der Waals surface area (Å²) in [6.07, 6.45) is 3.08. The normalized spacial score (nSPS) is 22.2. The number of hydrogen-bond acceptors (Lipinski definition) is 3. The summed E-state index contributed by atoms with van der Waals surface area (Å²) in [7, 11) is 0. The van der Waals surface area contributed by atoms with Gasteiger partial charge in [-0.15, -0.1) is 12.4 Å². The molecule has 2 heterocycles. The van der Waals surface area contributed by atoms with Crippen LogP contribution in [0.25, 0.3) is 5.69 Å². The summed E-state index contributed by atoms with van der Waals surface area (Å²) in [5, 5.41) is 4.46. The van der Waals surface area contributed by atoms with Gasteiger partial charge in [-0.25, -0.2) is 4.68 Å². The molecule has 2 N–H and O–H groups in total. The van der Waals surface area contributed by atoms with Crippen LogP contribution in [-0.2, 0) is 6.54 Å². The van der Waals surface area contributed by atoms with Crippen LogP contribution < -0.4 is 5.73 Å². The summed E-state index contributed by atoms with van der Waals surface area (Å²) in [6, 6.07) is 13.0. The van der Waals surface area contributed by atoms with Crippen LogP contribution in [0.5, 0.6) is 0 Å². The highest BCUT2D eigenvalue weighted by atomic mass is 35.5. The molecule has 114 valence electrons. The Hall–Kier alpha value is -1.36. The molecule has 3 rings (SSSR count). The minimum Gasteiger partial charge on any atom is -0.330 e. The van der Waals surface area contributed by atoms with Crippen molar-refractivity contribution in [1.29, 1.82) is 0 Å². The largest absolute Gasteiger partial charge is 0.330 e. The van der Waals surface area contributed by atoms with Gasteiger partial charge in [0.1, 0.15) is 0 Å². The van der Waals surface area contributed by atoms with Crippen LogP contribution in [0.1, 0.15) is 19.0 Å². The molecule has 4 nitrogen and oxygen atoms in total.